The Hall–Kier alpha value is -1.88. The lowest BCUT2D eigenvalue weighted by Crippen LogP contribution is -2.58. The summed E-state index contributed by atoms with van der Waals surface area (Å²) in [5.74, 6) is -0.0615. The molecule has 0 amide bonds. The maximum atomic E-state index is 12.0. The minimum Gasteiger partial charge on any atom is -0.415 e. The number of hydrogen-bond donors (Lipinski definition) is 0. The van der Waals surface area contributed by atoms with Gasteiger partial charge in [-0.2, -0.15) is 0 Å². The molecule has 2 aromatic rings. The highest BCUT2D eigenvalue weighted by atomic mass is 35.5. The van der Waals surface area contributed by atoms with Crippen molar-refractivity contribution in [3.05, 3.63) is 70.7 Å². The summed E-state index contributed by atoms with van der Waals surface area (Å²) in [5, 5.41) is 0.759. The lowest BCUT2D eigenvalue weighted by atomic mass is 9.96. The van der Waals surface area contributed by atoms with E-state index >= 15 is 0 Å². The molecule has 0 bridgehead atoms. The van der Waals surface area contributed by atoms with Gasteiger partial charge in [-0.05, 0) is 29.7 Å². The Morgan fingerprint density at radius 1 is 1.03 bits per heavy atom. The van der Waals surface area contributed by atoms with Gasteiger partial charge >= 0.3 is 5.97 Å². The molecule has 0 aromatic heterocycles. The number of nitrogens with zero attached hydrogens (tertiary/aromatic N) is 2. The maximum Gasteiger partial charge on any atom is 0.310 e. The van der Waals surface area contributed by atoms with Crippen LogP contribution in [0.2, 0.25) is 5.02 Å². The number of rotatable bonds is 9. The molecule has 1 atom stereocenters. The van der Waals surface area contributed by atoms with Crippen molar-refractivity contribution in [3.63, 3.8) is 0 Å². The van der Waals surface area contributed by atoms with Gasteiger partial charge in [0.05, 0.1) is 26.2 Å². The average molecular weight is 430 g/mol. The van der Waals surface area contributed by atoms with Crippen molar-refractivity contribution < 1.29 is 14.0 Å². The molecule has 3 rings (SSSR count). The lowest BCUT2D eigenvalue weighted by molar-refractivity contribution is -0.929. The van der Waals surface area contributed by atoms with Crippen LogP contribution in [0, 0.1) is 0 Å². The molecule has 1 unspecified atom stereocenters. The summed E-state index contributed by atoms with van der Waals surface area (Å²) in [6.45, 7) is 6.43. The molecule has 5 heteroatoms. The number of benzene rings is 2. The smallest absolute Gasteiger partial charge is 0.310 e. The Balaban J connectivity index is 1.63. The summed E-state index contributed by atoms with van der Waals surface area (Å²) in [5.41, 5.74) is 2.54. The predicted molar refractivity (Wildman–Crippen MR) is 122 cm³/mol. The molecule has 30 heavy (non-hydrogen) atoms. The number of esters is 1. The second-order valence-corrected chi connectivity index (χ2v) is 9.01. The van der Waals surface area contributed by atoms with E-state index in [4.69, 9.17) is 16.3 Å². The van der Waals surface area contributed by atoms with Gasteiger partial charge in [-0.1, -0.05) is 73.8 Å². The molecule has 0 aliphatic carbocycles. The Morgan fingerprint density at radius 2 is 1.67 bits per heavy atom. The lowest BCUT2D eigenvalue weighted by Gasteiger charge is -2.44. The number of quaternary nitrogens is 1. The molecule has 1 heterocycles. The second kappa shape index (κ2) is 10.9. The van der Waals surface area contributed by atoms with Crippen LogP contribution < -0.4 is 0 Å². The zero-order chi connectivity index (χ0) is 21.4. The number of ether oxygens (including phenoxy) is 1. The van der Waals surface area contributed by atoms with Crippen LogP contribution in [0.15, 0.2) is 54.6 Å². The van der Waals surface area contributed by atoms with Crippen LogP contribution in [0.25, 0.3) is 0 Å². The molecule has 0 spiro atoms. The fourth-order valence-electron chi connectivity index (χ4n) is 4.06. The van der Waals surface area contributed by atoms with Gasteiger partial charge in [0.15, 0.2) is 0 Å². The van der Waals surface area contributed by atoms with Gasteiger partial charge in [0.2, 0.25) is 6.73 Å². The molecule has 162 valence electrons. The number of carbonyl (C=O) groups is 1. The van der Waals surface area contributed by atoms with E-state index < -0.39 is 0 Å². The summed E-state index contributed by atoms with van der Waals surface area (Å²) in [6, 6.07) is 19.0. The van der Waals surface area contributed by atoms with Crippen molar-refractivity contribution in [1.82, 2.24) is 4.90 Å². The third kappa shape index (κ3) is 6.31. The fourth-order valence-corrected chi connectivity index (χ4v) is 4.19. The summed E-state index contributed by atoms with van der Waals surface area (Å²) in [7, 11) is 2.19. The van der Waals surface area contributed by atoms with Crippen molar-refractivity contribution >= 4 is 17.6 Å². The van der Waals surface area contributed by atoms with Gasteiger partial charge < -0.3 is 4.74 Å². The van der Waals surface area contributed by atoms with Gasteiger partial charge in [-0.3, -0.25) is 14.2 Å². The Kier molecular flexibility index (Phi) is 8.32. The summed E-state index contributed by atoms with van der Waals surface area (Å²) < 4.78 is 6.39. The predicted octanol–water partition coefficient (Wildman–Crippen LogP) is 5.27. The molecule has 0 saturated carbocycles. The van der Waals surface area contributed by atoms with Gasteiger partial charge in [0.25, 0.3) is 0 Å². The number of piperazine rings is 1. The van der Waals surface area contributed by atoms with Crippen LogP contribution in [0.4, 0.5) is 0 Å². The first-order chi connectivity index (χ1) is 14.5. The zero-order valence-corrected chi connectivity index (χ0v) is 19.0. The third-order valence-electron chi connectivity index (χ3n) is 6.04. The monoisotopic (exact) mass is 429 g/mol. The van der Waals surface area contributed by atoms with E-state index in [1.165, 1.54) is 11.1 Å². The molecular formula is C25H34ClN2O2+. The second-order valence-electron chi connectivity index (χ2n) is 8.57. The number of carbonyl (C=O) groups excluding carboxylic acids is 1. The average Bonchev–Trinajstić information content (AvgIpc) is 2.76. The normalized spacial score (nSPS) is 17.4. The molecule has 4 nitrogen and oxygen atoms in total. The highest BCUT2D eigenvalue weighted by Gasteiger charge is 2.34. The van der Waals surface area contributed by atoms with E-state index in [2.05, 4.69) is 61.3 Å². The van der Waals surface area contributed by atoms with E-state index in [9.17, 15) is 4.79 Å². The summed E-state index contributed by atoms with van der Waals surface area (Å²) in [4.78, 5) is 14.5. The molecule has 1 saturated heterocycles. The van der Waals surface area contributed by atoms with Crippen LogP contribution in [0.3, 0.4) is 0 Å². The summed E-state index contributed by atoms with van der Waals surface area (Å²) in [6.07, 6.45) is 3.66. The maximum absolute atomic E-state index is 12.0. The standard InChI is InChI=1S/C25H34ClN2O2/c1-3-4-6-11-24(29)30-20-28(2)18-16-27(17-19-28)25(21-9-7-5-8-10-21)22-12-14-23(26)15-13-22/h5,7-10,12-15,25H,3-4,6,11,16-20H2,1-2H3/q+1. The van der Waals surface area contributed by atoms with Crippen molar-refractivity contribution in [1.29, 1.82) is 0 Å². The first-order valence-electron chi connectivity index (χ1n) is 11.0. The quantitative estimate of drug-likeness (QED) is 0.309. The Morgan fingerprint density at radius 3 is 2.30 bits per heavy atom. The van der Waals surface area contributed by atoms with E-state index in [1.807, 2.05) is 12.1 Å². The number of hydrogen-bond acceptors (Lipinski definition) is 3. The number of unbranched alkanes of at least 4 members (excludes halogenated alkanes) is 2. The SMILES string of the molecule is CCCCCC(=O)OC[N+]1(C)CCN(C(c2ccccc2)c2ccc(Cl)cc2)CC1. The minimum absolute atomic E-state index is 0.0615. The Bertz CT molecular complexity index is 787. The van der Waals surface area contributed by atoms with Crippen LogP contribution in [-0.4, -0.2) is 55.3 Å². The van der Waals surface area contributed by atoms with Gasteiger partial charge in [-0.15, -0.1) is 0 Å². The van der Waals surface area contributed by atoms with E-state index in [0.717, 1.165) is 54.9 Å². The van der Waals surface area contributed by atoms with Crippen LogP contribution >= 0.6 is 11.6 Å². The highest BCUT2D eigenvalue weighted by molar-refractivity contribution is 6.30. The van der Waals surface area contributed by atoms with Crippen molar-refractivity contribution in [2.75, 3.05) is 40.0 Å². The van der Waals surface area contributed by atoms with Crippen LogP contribution in [0.5, 0.6) is 0 Å². The molecule has 0 radical (unpaired) electrons. The Labute approximate surface area is 186 Å². The van der Waals surface area contributed by atoms with E-state index in [0.29, 0.717) is 13.2 Å². The minimum atomic E-state index is -0.0615. The first kappa shape index (κ1) is 22.8. The third-order valence-corrected chi connectivity index (χ3v) is 6.29. The summed E-state index contributed by atoms with van der Waals surface area (Å²) >= 11 is 6.13. The van der Waals surface area contributed by atoms with Gasteiger partial charge in [-0.25, -0.2) is 0 Å². The molecule has 1 fully saturated rings. The van der Waals surface area contributed by atoms with Crippen LogP contribution in [-0.2, 0) is 9.53 Å². The topological polar surface area (TPSA) is 29.5 Å². The largest absolute Gasteiger partial charge is 0.415 e. The molecular weight excluding hydrogens is 396 g/mol. The zero-order valence-electron chi connectivity index (χ0n) is 18.2. The number of halogens is 1. The van der Waals surface area contributed by atoms with E-state index in [-0.39, 0.29) is 12.0 Å². The van der Waals surface area contributed by atoms with Crippen LogP contribution in [0.1, 0.15) is 49.8 Å². The molecule has 1 aliphatic heterocycles. The molecule has 2 aromatic carbocycles. The fraction of sp³-hybridized carbons (Fsp3) is 0.480. The van der Waals surface area contributed by atoms with Crippen molar-refractivity contribution in [2.24, 2.45) is 0 Å². The van der Waals surface area contributed by atoms with Crippen molar-refractivity contribution in [3.8, 4) is 0 Å². The highest BCUT2D eigenvalue weighted by Crippen LogP contribution is 2.31. The van der Waals surface area contributed by atoms with Gasteiger partial charge in [0, 0.05) is 24.5 Å². The van der Waals surface area contributed by atoms with Gasteiger partial charge in [0.1, 0.15) is 0 Å². The van der Waals surface area contributed by atoms with E-state index in [1.54, 1.807) is 0 Å². The molecule has 0 N–H and O–H groups in total. The number of likely N-dealkylation sites (N-methyl/N-ethyl adjacent to an activating group) is 1. The first-order valence-corrected chi connectivity index (χ1v) is 11.4. The molecule has 1 aliphatic rings. The van der Waals surface area contributed by atoms with Crippen molar-refractivity contribution in [2.45, 2.75) is 38.6 Å².